The van der Waals surface area contributed by atoms with Gasteiger partial charge in [-0.05, 0) is 69.2 Å². The smallest absolute Gasteiger partial charge is 0.264 e. The Labute approximate surface area is 234 Å². The number of hydrogen-bond donors (Lipinski definition) is 1. The molecule has 3 aromatic rings. The fourth-order valence-corrected chi connectivity index (χ4v) is 5.86. The molecule has 0 fully saturated rings. The monoisotopic (exact) mass is 575 g/mol. The number of hydrogen-bond acceptors (Lipinski definition) is 4. The van der Waals surface area contributed by atoms with Crippen LogP contribution in [-0.4, -0.2) is 44.8 Å². The van der Waals surface area contributed by atoms with Gasteiger partial charge in [0.2, 0.25) is 11.8 Å². The molecule has 2 amide bonds. The van der Waals surface area contributed by atoms with Crippen LogP contribution in [0, 0.1) is 20.8 Å². The van der Waals surface area contributed by atoms with Gasteiger partial charge in [0.05, 0.1) is 20.6 Å². The second-order valence-corrected chi connectivity index (χ2v) is 11.9. The zero-order valence-electron chi connectivity index (χ0n) is 22.0. The predicted octanol–water partition coefficient (Wildman–Crippen LogP) is 5.28. The number of likely N-dealkylation sites (N-methyl/N-ethyl adjacent to an activating group) is 1. The SMILES string of the molecule is CNC(=O)C(C)N(Cc1ccc(Cl)c(Cl)c1)C(=O)CN(c1ccc(C)cc1C)S(=O)(=O)c1ccc(C)cc1. The van der Waals surface area contributed by atoms with Crippen LogP contribution in [-0.2, 0) is 26.2 Å². The van der Waals surface area contributed by atoms with Gasteiger partial charge in [0.25, 0.3) is 10.0 Å². The molecule has 10 heteroatoms. The lowest BCUT2D eigenvalue weighted by atomic mass is 10.1. The van der Waals surface area contributed by atoms with E-state index in [9.17, 15) is 18.0 Å². The molecular formula is C28H31Cl2N3O4S. The number of sulfonamides is 1. The topological polar surface area (TPSA) is 86.8 Å². The third-order valence-corrected chi connectivity index (χ3v) is 8.77. The van der Waals surface area contributed by atoms with E-state index in [-0.39, 0.29) is 11.4 Å². The summed E-state index contributed by atoms with van der Waals surface area (Å²) in [5, 5.41) is 3.22. The number of carbonyl (C=O) groups excluding carboxylic acids is 2. The van der Waals surface area contributed by atoms with Gasteiger partial charge in [-0.1, -0.05) is 64.7 Å². The second kappa shape index (κ2) is 12.2. The van der Waals surface area contributed by atoms with Crippen molar-refractivity contribution in [1.82, 2.24) is 10.2 Å². The van der Waals surface area contributed by atoms with Crippen LogP contribution < -0.4 is 9.62 Å². The third-order valence-electron chi connectivity index (χ3n) is 6.26. The Hall–Kier alpha value is -3.07. The normalized spacial score (nSPS) is 12.1. The van der Waals surface area contributed by atoms with Gasteiger partial charge in [-0.3, -0.25) is 13.9 Å². The van der Waals surface area contributed by atoms with Crippen LogP contribution in [0.3, 0.4) is 0 Å². The summed E-state index contributed by atoms with van der Waals surface area (Å²) in [6.45, 7) is 6.67. The van der Waals surface area contributed by atoms with Crippen molar-refractivity contribution < 1.29 is 18.0 Å². The standard InChI is InChI=1S/C28H31Cl2N3O4S/c1-18-6-10-23(11-7-18)38(36,37)33(26-13-8-19(2)14-20(26)3)17-27(34)32(21(4)28(35)31-5)16-22-9-12-24(29)25(30)15-22/h6-15,21H,16-17H2,1-5H3,(H,31,35). The fourth-order valence-electron chi connectivity index (χ4n) is 4.06. The molecule has 0 spiro atoms. The highest BCUT2D eigenvalue weighted by atomic mass is 35.5. The van der Waals surface area contributed by atoms with Crippen LogP contribution in [0.15, 0.2) is 65.6 Å². The fraction of sp³-hybridized carbons (Fsp3) is 0.286. The first-order valence-corrected chi connectivity index (χ1v) is 14.2. The summed E-state index contributed by atoms with van der Waals surface area (Å²) in [5.74, 6) is -0.944. The highest BCUT2D eigenvalue weighted by Gasteiger charge is 2.33. The lowest BCUT2D eigenvalue weighted by Gasteiger charge is -2.32. The number of amides is 2. The number of carbonyl (C=O) groups is 2. The number of anilines is 1. The highest BCUT2D eigenvalue weighted by molar-refractivity contribution is 7.92. The van der Waals surface area contributed by atoms with Crippen molar-refractivity contribution in [3.8, 4) is 0 Å². The Morgan fingerprint density at radius 2 is 1.53 bits per heavy atom. The van der Waals surface area contributed by atoms with Gasteiger partial charge >= 0.3 is 0 Å². The Balaban J connectivity index is 2.07. The van der Waals surface area contributed by atoms with E-state index in [1.54, 1.807) is 56.3 Å². The first-order chi connectivity index (χ1) is 17.8. The van der Waals surface area contributed by atoms with E-state index in [1.807, 2.05) is 19.9 Å². The molecule has 3 aromatic carbocycles. The molecular weight excluding hydrogens is 545 g/mol. The maximum Gasteiger partial charge on any atom is 0.264 e. The molecule has 0 saturated heterocycles. The van der Waals surface area contributed by atoms with Crippen molar-refractivity contribution in [3.63, 3.8) is 0 Å². The van der Waals surface area contributed by atoms with Crippen molar-refractivity contribution >= 4 is 50.7 Å². The molecule has 0 saturated carbocycles. The zero-order chi connectivity index (χ0) is 28.2. The molecule has 0 bridgehead atoms. The van der Waals surface area contributed by atoms with E-state index in [0.717, 1.165) is 15.4 Å². The minimum absolute atomic E-state index is 0.0234. The van der Waals surface area contributed by atoms with E-state index >= 15 is 0 Å². The highest BCUT2D eigenvalue weighted by Crippen LogP contribution is 2.29. The molecule has 0 heterocycles. The molecule has 0 aliphatic rings. The molecule has 7 nitrogen and oxygen atoms in total. The second-order valence-electron chi connectivity index (χ2n) is 9.17. The van der Waals surface area contributed by atoms with Crippen molar-refractivity contribution in [2.45, 2.75) is 45.2 Å². The molecule has 3 rings (SSSR count). The largest absolute Gasteiger partial charge is 0.357 e. The van der Waals surface area contributed by atoms with Gasteiger partial charge in [0, 0.05) is 13.6 Å². The van der Waals surface area contributed by atoms with Gasteiger partial charge in [0.1, 0.15) is 12.6 Å². The van der Waals surface area contributed by atoms with Crippen LogP contribution in [0.2, 0.25) is 10.0 Å². The summed E-state index contributed by atoms with van der Waals surface area (Å²) in [7, 11) is -2.65. The molecule has 0 aliphatic heterocycles. The van der Waals surface area contributed by atoms with Crippen LogP contribution in [0.1, 0.15) is 29.2 Å². The molecule has 0 aromatic heterocycles. The molecule has 202 valence electrons. The Bertz CT molecular complexity index is 1440. The quantitative estimate of drug-likeness (QED) is 0.376. The molecule has 1 N–H and O–H groups in total. The van der Waals surface area contributed by atoms with E-state index < -0.39 is 34.4 Å². The van der Waals surface area contributed by atoms with Crippen LogP contribution >= 0.6 is 23.2 Å². The summed E-state index contributed by atoms with van der Waals surface area (Å²) in [5.41, 5.74) is 3.59. The summed E-state index contributed by atoms with van der Waals surface area (Å²) in [4.78, 5) is 27.8. The first kappa shape index (κ1) is 29.5. The van der Waals surface area contributed by atoms with Gasteiger partial charge in [0.15, 0.2) is 0 Å². The Morgan fingerprint density at radius 1 is 0.895 bits per heavy atom. The van der Waals surface area contributed by atoms with E-state index in [1.165, 1.54) is 24.1 Å². The lowest BCUT2D eigenvalue weighted by molar-refractivity contribution is -0.139. The van der Waals surface area contributed by atoms with Crippen LogP contribution in [0.4, 0.5) is 5.69 Å². The Morgan fingerprint density at radius 3 is 2.11 bits per heavy atom. The molecule has 38 heavy (non-hydrogen) atoms. The van der Waals surface area contributed by atoms with Crippen molar-refractivity contribution in [2.75, 3.05) is 17.9 Å². The molecule has 0 radical (unpaired) electrons. The van der Waals surface area contributed by atoms with Gasteiger partial charge in [-0.25, -0.2) is 8.42 Å². The third kappa shape index (κ3) is 6.67. The average Bonchev–Trinajstić information content (AvgIpc) is 2.87. The molecule has 1 unspecified atom stereocenters. The van der Waals surface area contributed by atoms with E-state index in [4.69, 9.17) is 23.2 Å². The van der Waals surface area contributed by atoms with E-state index in [0.29, 0.717) is 26.9 Å². The summed E-state index contributed by atoms with van der Waals surface area (Å²) >= 11 is 12.2. The predicted molar refractivity (Wildman–Crippen MR) is 152 cm³/mol. The molecule has 0 aliphatic carbocycles. The first-order valence-electron chi connectivity index (χ1n) is 12.0. The summed E-state index contributed by atoms with van der Waals surface area (Å²) < 4.78 is 28.9. The van der Waals surface area contributed by atoms with Crippen molar-refractivity contribution in [1.29, 1.82) is 0 Å². The average molecular weight is 577 g/mol. The Kier molecular flexibility index (Phi) is 9.46. The number of halogens is 2. The zero-order valence-corrected chi connectivity index (χ0v) is 24.3. The summed E-state index contributed by atoms with van der Waals surface area (Å²) in [6.07, 6.45) is 0. The van der Waals surface area contributed by atoms with Gasteiger partial charge in [-0.2, -0.15) is 0 Å². The number of aryl methyl sites for hydroxylation is 3. The van der Waals surface area contributed by atoms with Crippen molar-refractivity contribution in [2.24, 2.45) is 0 Å². The van der Waals surface area contributed by atoms with Crippen molar-refractivity contribution in [3.05, 3.63) is 93.0 Å². The van der Waals surface area contributed by atoms with Gasteiger partial charge < -0.3 is 10.2 Å². The number of rotatable bonds is 9. The van der Waals surface area contributed by atoms with E-state index in [2.05, 4.69) is 5.32 Å². The lowest BCUT2D eigenvalue weighted by Crippen LogP contribution is -2.50. The number of benzene rings is 3. The minimum atomic E-state index is -4.12. The summed E-state index contributed by atoms with van der Waals surface area (Å²) in [6, 6.07) is 15.8. The molecule has 1 atom stereocenters. The maximum atomic E-state index is 13.9. The van der Waals surface area contributed by atoms with Crippen LogP contribution in [0.5, 0.6) is 0 Å². The maximum absolute atomic E-state index is 13.9. The number of nitrogens with one attached hydrogen (secondary N) is 1. The van der Waals surface area contributed by atoms with Crippen LogP contribution in [0.25, 0.3) is 0 Å². The number of nitrogens with zero attached hydrogens (tertiary/aromatic N) is 2. The minimum Gasteiger partial charge on any atom is -0.357 e. The van der Waals surface area contributed by atoms with Gasteiger partial charge in [-0.15, -0.1) is 0 Å².